The normalized spacial score (nSPS) is 26.1. The summed E-state index contributed by atoms with van der Waals surface area (Å²) in [6.45, 7) is 3.91. The summed E-state index contributed by atoms with van der Waals surface area (Å²) in [5, 5.41) is 0. The molecular weight excluding hydrogens is 345 g/mol. The average Bonchev–Trinajstić information content (AvgIpc) is 2.99. The molecule has 4 rings (SSSR count). The van der Waals surface area contributed by atoms with Gasteiger partial charge in [0.15, 0.2) is 0 Å². The lowest BCUT2D eigenvalue weighted by Gasteiger charge is -2.42. The topological polar surface area (TPSA) is 43.9 Å². The molecule has 2 aliphatic heterocycles. The molecule has 0 bridgehead atoms. The maximum absolute atomic E-state index is 13.1. The third-order valence-corrected chi connectivity index (χ3v) is 6.35. The molecule has 1 aromatic carbocycles. The summed E-state index contributed by atoms with van der Waals surface area (Å²) in [5.41, 5.74) is 0.779. The molecule has 0 aromatic heterocycles. The van der Waals surface area contributed by atoms with E-state index >= 15 is 0 Å². The van der Waals surface area contributed by atoms with Crippen LogP contribution in [0.25, 0.3) is 0 Å². The summed E-state index contributed by atoms with van der Waals surface area (Å²) >= 11 is 0. The Bertz CT molecular complexity index is 679. The summed E-state index contributed by atoms with van der Waals surface area (Å²) in [5.74, 6) is -0.536. The predicted octanol–water partition coefficient (Wildman–Crippen LogP) is 2.40. The largest absolute Gasteiger partial charge is 0.298 e. The molecule has 3 aliphatic rings. The van der Waals surface area contributed by atoms with E-state index in [1.54, 1.807) is 12.1 Å². The monoisotopic (exact) mass is 373 g/mol. The Morgan fingerprint density at radius 3 is 2.19 bits per heavy atom. The Balaban J connectivity index is 1.34. The second-order valence-corrected chi connectivity index (χ2v) is 8.03. The smallest absolute Gasteiger partial charge is 0.247 e. The summed E-state index contributed by atoms with van der Waals surface area (Å²) in [6, 6.07) is 6.37. The number of carbonyl (C=O) groups excluding carboxylic acids is 2. The molecule has 0 radical (unpaired) electrons. The van der Waals surface area contributed by atoms with E-state index in [-0.39, 0.29) is 36.6 Å². The second-order valence-electron chi connectivity index (χ2n) is 8.03. The van der Waals surface area contributed by atoms with Crippen molar-refractivity contribution < 1.29 is 14.0 Å². The first-order valence-corrected chi connectivity index (χ1v) is 10.2. The SMILES string of the molecule is O=C1C[C@H](N2CCN(C3CCCCC3)CC2)C(=O)N1Cc1ccc(F)cc1. The molecule has 3 fully saturated rings. The van der Waals surface area contributed by atoms with E-state index in [0.29, 0.717) is 6.04 Å². The van der Waals surface area contributed by atoms with Crippen molar-refractivity contribution in [1.82, 2.24) is 14.7 Å². The Labute approximate surface area is 160 Å². The highest BCUT2D eigenvalue weighted by atomic mass is 19.1. The molecule has 1 aliphatic carbocycles. The predicted molar refractivity (Wildman–Crippen MR) is 100 cm³/mol. The number of halogens is 1. The number of benzene rings is 1. The molecule has 0 spiro atoms. The van der Waals surface area contributed by atoms with Gasteiger partial charge >= 0.3 is 0 Å². The minimum absolute atomic E-state index is 0.101. The van der Waals surface area contributed by atoms with Crippen LogP contribution in [0.1, 0.15) is 44.1 Å². The first kappa shape index (κ1) is 18.6. The fraction of sp³-hybridized carbons (Fsp3) is 0.619. The fourth-order valence-electron chi connectivity index (χ4n) is 4.75. The van der Waals surface area contributed by atoms with Crippen molar-refractivity contribution in [2.45, 2.75) is 57.2 Å². The van der Waals surface area contributed by atoms with E-state index in [9.17, 15) is 14.0 Å². The molecular formula is C21H28FN3O2. The van der Waals surface area contributed by atoms with Gasteiger partial charge in [0, 0.05) is 32.2 Å². The molecule has 2 heterocycles. The average molecular weight is 373 g/mol. The first-order chi connectivity index (χ1) is 13.1. The van der Waals surface area contributed by atoms with Crippen LogP contribution in [-0.2, 0) is 16.1 Å². The van der Waals surface area contributed by atoms with Crippen molar-refractivity contribution in [2.24, 2.45) is 0 Å². The van der Waals surface area contributed by atoms with Crippen LogP contribution >= 0.6 is 0 Å². The maximum Gasteiger partial charge on any atom is 0.247 e. The van der Waals surface area contributed by atoms with Crippen LogP contribution in [-0.4, -0.2) is 64.8 Å². The van der Waals surface area contributed by atoms with Crippen molar-refractivity contribution in [3.63, 3.8) is 0 Å². The Morgan fingerprint density at radius 2 is 1.52 bits per heavy atom. The van der Waals surface area contributed by atoms with Crippen molar-refractivity contribution in [3.05, 3.63) is 35.6 Å². The molecule has 1 aromatic rings. The van der Waals surface area contributed by atoms with Gasteiger partial charge in [-0.3, -0.25) is 24.3 Å². The van der Waals surface area contributed by atoms with Gasteiger partial charge in [-0.25, -0.2) is 4.39 Å². The number of piperazine rings is 1. The number of nitrogens with zero attached hydrogens (tertiary/aromatic N) is 3. The van der Waals surface area contributed by atoms with E-state index in [4.69, 9.17) is 0 Å². The number of amides is 2. The maximum atomic E-state index is 13.1. The number of carbonyl (C=O) groups is 2. The van der Waals surface area contributed by atoms with Gasteiger partial charge in [-0.1, -0.05) is 31.4 Å². The lowest BCUT2D eigenvalue weighted by molar-refractivity contribution is -0.140. The number of hydrogen-bond acceptors (Lipinski definition) is 4. The van der Waals surface area contributed by atoms with Crippen LogP contribution in [0.15, 0.2) is 24.3 Å². The van der Waals surface area contributed by atoms with Crippen molar-refractivity contribution >= 4 is 11.8 Å². The van der Waals surface area contributed by atoms with Crippen LogP contribution in [0, 0.1) is 5.82 Å². The first-order valence-electron chi connectivity index (χ1n) is 10.2. The van der Waals surface area contributed by atoms with E-state index in [1.165, 1.54) is 49.1 Å². The van der Waals surface area contributed by atoms with E-state index in [0.717, 1.165) is 31.7 Å². The van der Waals surface area contributed by atoms with Crippen molar-refractivity contribution in [1.29, 1.82) is 0 Å². The molecule has 1 saturated carbocycles. The van der Waals surface area contributed by atoms with Crippen LogP contribution in [0.4, 0.5) is 4.39 Å². The number of rotatable bonds is 4. The van der Waals surface area contributed by atoms with E-state index in [1.807, 2.05) is 0 Å². The minimum atomic E-state index is -0.327. The summed E-state index contributed by atoms with van der Waals surface area (Å²) < 4.78 is 13.1. The van der Waals surface area contributed by atoms with Gasteiger partial charge in [0.1, 0.15) is 5.82 Å². The van der Waals surface area contributed by atoms with Gasteiger partial charge in [0.2, 0.25) is 11.8 Å². The van der Waals surface area contributed by atoms with Crippen LogP contribution < -0.4 is 0 Å². The Hall–Kier alpha value is -1.79. The zero-order valence-corrected chi connectivity index (χ0v) is 15.8. The van der Waals surface area contributed by atoms with E-state index in [2.05, 4.69) is 9.80 Å². The van der Waals surface area contributed by atoms with Crippen molar-refractivity contribution in [2.75, 3.05) is 26.2 Å². The molecule has 6 heteroatoms. The number of hydrogen-bond donors (Lipinski definition) is 0. The lowest BCUT2D eigenvalue weighted by Crippen LogP contribution is -2.55. The third-order valence-electron chi connectivity index (χ3n) is 6.35. The molecule has 0 unspecified atom stereocenters. The second kappa shape index (κ2) is 8.07. The fourth-order valence-corrected chi connectivity index (χ4v) is 4.75. The molecule has 146 valence electrons. The van der Waals surface area contributed by atoms with Gasteiger partial charge in [-0.05, 0) is 30.5 Å². The highest BCUT2D eigenvalue weighted by Gasteiger charge is 2.42. The summed E-state index contributed by atoms with van der Waals surface area (Å²) in [4.78, 5) is 31.4. The molecule has 27 heavy (non-hydrogen) atoms. The Morgan fingerprint density at radius 1 is 0.889 bits per heavy atom. The lowest BCUT2D eigenvalue weighted by atomic mass is 9.93. The quantitative estimate of drug-likeness (QED) is 0.761. The van der Waals surface area contributed by atoms with Gasteiger partial charge in [-0.2, -0.15) is 0 Å². The number of likely N-dealkylation sites (tertiary alicyclic amines) is 1. The molecule has 2 amide bonds. The summed E-state index contributed by atoms with van der Waals surface area (Å²) in [7, 11) is 0. The highest BCUT2D eigenvalue weighted by Crippen LogP contribution is 2.26. The standard InChI is InChI=1S/C21H28FN3O2/c22-17-8-6-16(7-9-17)15-25-20(26)14-19(21(25)27)24-12-10-23(11-13-24)18-4-2-1-3-5-18/h6-9,18-19H,1-5,10-15H2/t19-/m0/s1. The summed E-state index contributed by atoms with van der Waals surface area (Å²) in [6.07, 6.45) is 6.89. The highest BCUT2D eigenvalue weighted by molar-refractivity contribution is 6.05. The van der Waals surface area contributed by atoms with Gasteiger partial charge in [0.25, 0.3) is 0 Å². The van der Waals surface area contributed by atoms with Crippen LogP contribution in [0.3, 0.4) is 0 Å². The molecule has 1 atom stereocenters. The van der Waals surface area contributed by atoms with Crippen LogP contribution in [0.5, 0.6) is 0 Å². The van der Waals surface area contributed by atoms with Gasteiger partial charge < -0.3 is 0 Å². The van der Waals surface area contributed by atoms with Crippen LogP contribution in [0.2, 0.25) is 0 Å². The number of imide groups is 1. The zero-order valence-electron chi connectivity index (χ0n) is 15.8. The molecule has 2 saturated heterocycles. The van der Waals surface area contributed by atoms with Crippen molar-refractivity contribution in [3.8, 4) is 0 Å². The third kappa shape index (κ3) is 4.06. The Kier molecular flexibility index (Phi) is 5.55. The zero-order chi connectivity index (χ0) is 18.8. The van der Waals surface area contributed by atoms with Gasteiger partial charge in [-0.15, -0.1) is 0 Å². The molecule has 0 N–H and O–H groups in total. The van der Waals surface area contributed by atoms with E-state index < -0.39 is 0 Å². The molecule has 5 nitrogen and oxygen atoms in total. The minimum Gasteiger partial charge on any atom is -0.298 e. The van der Waals surface area contributed by atoms with Gasteiger partial charge in [0.05, 0.1) is 19.0 Å².